The summed E-state index contributed by atoms with van der Waals surface area (Å²) < 4.78 is 11.7. The van der Waals surface area contributed by atoms with Gasteiger partial charge in [-0.3, -0.25) is 0 Å². The first-order valence-corrected chi connectivity index (χ1v) is 6.80. The number of hydrogen-bond acceptors (Lipinski definition) is 3. The summed E-state index contributed by atoms with van der Waals surface area (Å²) in [7, 11) is 0. The van der Waals surface area contributed by atoms with Crippen LogP contribution in [-0.2, 0) is 0 Å². The van der Waals surface area contributed by atoms with Gasteiger partial charge in [-0.05, 0) is 36.9 Å². The van der Waals surface area contributed by atoms with Crippen LogP contribution in [0.3, 0.4) is 0 Å². The molecule has 1 unspecified atom stereocenters. The standard InChI is InChI=1S/C14H18ClNO2/c1-9(6-16)10-4-12-13(5-11(10)15)18-8-14(2-3-14)7-17-12/h4-5,9H,2-3,6-8,16H2,1H3. The number of rotatable bonds is 2. The van der Waals surface area contributed by atoms with E-state index in [1.54, 1.807) is 0 Å². The van der Waals surface area contributed by atoms with Crippen molar-refractivity contribution < 1.29 is 9.47 Å². The molecule has 4 heteroatoms. The third kappa shape index (κ3) is 2.06. The Morgan fingerprint density at radius 2 is 1.89 bits per heavy atom. The van der Waals surface area contributed by atoms with E-state index in [4.69, 9.17) is 26.8 Å². The van der Waals surface area contributed by atoms with Gasteiger partial charge < -0.3 is 15.2 Å². The van der Waals surface area contributed by atoms with Gasteiger partial charge in [-0.25, -0.2) is 0 Å². The lowest BCUT2D eigenvalue weighted by Gasteiger charge is -2.15. The molecule has 0 aromatic heterocycles. The molecule has 0 amide bonds. The van der Waals surface area contributed by atoms with Gasteiger partial charge in [0.2, 0.25) is 0 Å². The van der Waals surface area contributed by atoms with Gasteiger partial charge in [0.15, 0.2) is 11.5 Å². The van der Waals surface area contributed by atoms with Crippen molar-refractivity contribution in [3.63, 3.8) is 0 Å². The van der Waals surface area contributed by atoms with Crippen molar-refractivity contribution in [3.8, 4) is 11.5 Å². The van der Waals surface area contributed by atoms with Crippen LogP contribution in [0.2, 0.25) is 5.02 Å². The fourth-order valence-electron chi connectivity index (χ4n) is 2.25. The smallest absolute Gasteiger partial charge is 0.162 e. The number of nitrogens with two attached hydrogens (primary N) is 1. The zero-order valence-electron chi connectivity index (χ0n) is 10.5. The van der Waals surface area contributed by atoms with Gasteiger partial charge in [0.25, 0.3) is 0 Å². The lowest BCUT2D eigenvalue weighted by atomic mass is 10.0. The van der Waals surface area contributed by atoms with Crippen molar-refractivity contribution in [1.82, 2.24) is 0 Å². The molecular formula is C14H18ClNO2. The van der Waals surface area contributed by atoms with Crippen molar-refractivity contribution in [3.05, 3.63) is 22.7 Å². The highest BCUT2D eigenvalue weighted by atomic mass is 35.5. The largest absolute Gasteiger partial charge is 0.489 e. The fourth-order valence-corrected chi connectivity index (χ4v) is 2.59. The highest BCUT2D eigenvalue weighted by Crippen LogP contribution is 2.49. The average Bonchev–Trinajstić information content (AvgIpc) is 3.16. The Kier molecular flexibility index (Phi) is 2.91. The monoisotopic (exact) mass is 267 g/mol. The van der Waals surface area contributed by atoms with Crippen molar-refractivity contribution in [2.45, 2.75) is 25.7 Å². The van der Waals surface area contributed by atoms with Crippen LogP contribution < -0.4 is 15.2 Å². The number of fused-ring (bicyclic) bond motifs is 1. The molecule has 0 radical (unpaired) electrons. The van der Waals surface area contributed by atoms with Crippen LogP contribution in [0, 0.1) is 5.41 Å². The minimum atomic E-state index is 0.226. The maximum absolute atomic E-state index is 6.28. The molecule has 2 N–H and O–H groups in total. The van der Waals surface area contributed by atoms with Crippen LogP contribution in [0.4, 0.5) is 0 Å². The van der Waals surface area contributed by atoms with Crippen LogP contribution >= 0.6 is 11.6 Å². The molecule has 98 valence electrons. The maximum Gasteiger partial charge on any atom is 0.162 e. The summed E-state index contributed by atoms with van der Waals surface area (Å²) in [5.74, 6) is 1.79. The normalized spacial score (nSPS) is 21.5. The summed E-state index contributed by atoms with van der Waals surface area (Å²) in [6.07, 6.45) is 2.39. The molecule has 1 heterocycles. The minimum Gasteiger partial charge on any atom is -0.489 e. The Labute approximate surface area is 112 Å². The van der Waals surface area contributed by atoms with Gasteiger partial charge in [-0.15, -0.1) is 0 Å². The van der Waals surface area contributed by atoms with E-state index < -0.39 is 0 Å². The topological polar surface area (TPSA) is 44.5 Å². The van der Waals surface area contributed by atoms with Crippen molar-refractivity contribution in [2.75, 3.05) is 19.8 Å². The zero-order chi connectivity index (χ0) is 12.8. The van der Waals surface area contributed by atoms with E-state index in [0.29, 0.717) is 11.6 Å². The van der Waals surface area contributed by atoms with Crippen molar-refractivity contribution in [1.29, 1.82) is 0 Å². The number of ether oxygens (including phenoxy) is 2. The molecule has 0 bridgehead atoms. The van der Waals surface area contributed by atoms with E-state index in [-0.39, 0.29) is 11.3 Å². The van der Waals surface area contributed by atoms with Gasteiger partial charge in [0.05, 0.1) is 13.2 Å². The molecular weight excluding hydrogens is 250 g/mol. The van der Waals surface area contributed by atoms with Crippen molar-refractivity contribution in [2.24, 2.45) is 11.1 Å². The quantitative estimate of drug-likeness (QED) is 0.896. The number of halogens is 1. The first-order valence-electron chi connectivity index (χ1n) is 6.43. The molecule has 1 fully saturated rings. The molecule has 2 aliphatic rings. The average molecular weight is 268 g/mol. The van der Waals surface area contributed by atoms with Gasteiger partial charge >= 0.3 is 0 Å². The minimum absolute atomic E-state index is 0.226. The Morgan fingerprint density at radius 1 is 1.28 bits per heavy atom. The maximum atomic E-state index is 6.28. The Bertz CT molecular complexity index is 471. The third-order valence-electron chi connectivity index (χ3n) is 3.97. The van der Waals surface area contributed by atoms with Crippen LogP contribution in [0.25, 0.3) is 0 Å². The van der Waals surface area contributed by atoms with E-state index in [1.807, 2.05) is 12.1 Å². The lowest BCUT2D eigenvalue weighted by Crippen LogP contribution is -2.17. The van der Waals surface area contributed by atoms with E-state index in [0.717, 1.165) is 30.3 Å². The van der Waals surface area contributed by atoms with Gasteiger partial charge in [0.1, 0.15) is 0 Å². The van der Waals surface area contributed by atoms with Gasteiger partial charge in [0, 0.05) is 16.5 Å². The Morgan fingerprint density at radius 3 is 2.44 bits per heavy atom. The first kappa shape index (κ1) is 12.1. The summed E-state index contributed by atoms with van der Waals surface area (Å²) in [4.78, 5) is 0. The summed E-state index contributed by atoms with van der Waals surface area (Å²) in [6, 6.07) is 3.84. The molecule has 0 saturated heterocycles. The predicted octanol–water partition coefficient (Wildman–Crippen LogP) is 2.95. The molecule has 1 aromatic carbocycles. The Hall–Kier alpha value is -0.930. The van der Waals surface area contributed by atoms with Gasteiger partial charge in [-0.2, -0.15) is 0 Å². The van der Waals surface area contributed by atoms with Crippen LogP contribution in [-0.4, -0.2) is 19.8 Å². The highest BCUT2D eigenvalue weighted by Gasteiger charge is 2.46. The van der Waals surface area contributed by atoms with Crippen LogP contribution in [0.1, 0.15) is 31.2 Å². The molecule has 1 aliphatic carbocycles. The Balaban J connectivity index is 1.93. The second-order valence-electron chi connectivity index (χ2n) is 5.53. The number of hydrogen-bond donors (Lipinski definition) is 1. The second kappa shape index (κ2) is 4.32. The van der Waals surface area contributed by atoms with E-state index in [1.165, 1.54) is 12.8 Å². The van der Waals surface area contributed by atoms with E-state index in [9.17, 15) is 0 Å². The highest BCUT2D eigenvalue weighted by molar-refractivity contribution is 6.31. The van der Waals surface area contributed by atoms with Gasteiger partial charge in [-0.1, -0.05) is 18.5 Å². The summed E-state index contributed by atoms with van der Waals surface area (Å²) >= 11 is 6.28. The first-order chi connectivity index (χ1) is 8.63. The number of benzene rings is 1. The molecule has 1 aromatic rings. The fraction of sp³-hybridized carbons (Fsp3) is 0.571. The predicted molar refractivity (Wildman–Crippen MR) is 71.6 cm³/mol. The molecule has 3 rings (SSSR count). The van der Waals surface area contributed by atoms with Crippen LogP contribution in [0.15, 0.2) is 12.1 Å². The molecule has 18 heavy (non-hydrogen) atoms. The molecule has 1 atom stereocenters. The van der Waals surface area contributed by atoms with E-state index >= 15 is 0 Å². The zero-order valence-corrected chi connectivity index (χ0v) is 11.3. The summed E-state index contributed by atoms with van der Waals surface area (Å²) in [5, 5.41) is 0.710. The van der Waals surface area contributed by atoms with E-state index in [2.05, 4.69) is 6.92 Å². The molecule has 1 saturated carbocycles. The molecule has 3 nitrogen and oxygen atoms in total. The lowest BCUT2D eigenvalue weighted by molar-refractivity contribution is 0.197. The second-order valence-corrected chi connectivity index (χ2v) is 5.94. The molecule has 1 aliphatic heterocycles. The summed E-state index contributed by atoms with van der Waals surface area (Å²) in [5.41, 5.74) is 6.99. The SMILES string of the molecule is CC(CN)c1cc2c(cc1Cl)OCC1(CC1)CO2. The third-order valence-corrected chi connectivity index (χ3v) is 4.30. The molecule has 1 spiro atoms. The van der Waals surface area contributed by atoms with Crippen LogP contribution in [0.5, 0.6) is 11.5 Å². The summed E-state index contributed by atoms with van der Waals surface area (Å²) in [6.45, 7) is 4.12. The van der Waals surface area contributed by atoms with Crippen molar-refractivity contribution >= 4 is 11.6 Å².